The van der Waals surface area contributed by atoms with Crippen molar-refractivity contribution in [3.8, 4) is 0 Å². The molecule has 5 heteroatoms. The van der Waals surface area contributed by atoms with E-state index in [1.54, 1.807) is 14.2 Å². The first-order chi connectivity index (χ1) is 13.3. The Morgan fingerprint density at radius 1 is 0.852 bits per heavy atom. The molecule has 6 atom stereocenters. The number of rotatable bonds is 5. The van der Waals surface area contributed by atoms with Gasteiger partial charge in [0.1, 0.15) is 24.4 Å². The highest BCUT2D eigenvalue weighted by Crippen LogP contribution is 2.36. The van der Waals surface area contributed by atoms with Crippen molar-refractivity contribution in [2.45, 2.75) is 43.2 Å². The average molecular weight is 370 g/mol. The van der Waals surface area contributed by atoms with Crippen LogP contribution in [0.2, 0.25) is 0 Å². The quantitative estimate of drug-likeness (QED) is 0.809. The third-order valence-electron chi connectivity index (χ3n) is 5.32. The van der Waals surface area contributed by atoms with Gasteiger partial charge in [-0.2, -0.15) is 0 Å². The second-order valence-electron chi connectivity index (χ2n) is 6.98. The monoisotopic (exact) mass is 370 g/mol. The van der Waals surface area contributed by atoms with Crippen LogP contribution in [-0.4, -0.2) is 51.3 Å². The van der Waals surface area contributed by atoms with Gasteiger partial charge in [-0.25, -0.2) is 0 Å². The number of benzene rings is 2. The lowest BCUT2D eigenvalue weighted by Crippen LogP contribution is -2.63. The first kappa shape index (κ1) is 18.6. The second-order valence-corrected chi connectivity index (χ2v) is 6.98. The molecule has 2 aliphatic rings. The van der Waals surface area contributed by atoms with E-state index in [2.05, 4.69) is 12.1 Å². The fraction of sp³-hybridized carbons (Fsp3) is 0.455. The van der Waals surface area contributed by atoms with Gasteiger partial charge >= 0.3 is 0 Å². The Morgan fingerprint density at radius 2 is 1.52 bits per heavy atom. The van der Waals surface area contributed by atoms with Crippen LogP contribution in [0.15, 0.2) is 60.7 Å². The van der Waals surface area contributed by atoms with E-state index < -0.39 is 6.29 Å². The summed E-state index contributed by atoms with van der Waals surface area (Å²) in [7, 11) is 3.40. The fourth-order valence-electron chi connectivity index (χ4n) is 4.00. The van der Waals surface area contributed by atoms with Crippen LogP contribution in [0, 0.1) is 0 Å². The van der Waals surface area contributed by atoms with Crippen molar-refractivity contribution in [2.24, 2.45) is 0 Å². The summed E-state index contributed by atoms with van der Waals surface area (Å²) in [5.74, 6) is 0. The predicted octanol–water partition coefficient (Wildman–Crippen LogP) is 3.14. The lowest BCUT2D eigenvalue weighted by molar-refractivity contribution is -0.333. The molecule has 0 aliphatic carbocycles. The summed E-state index contributed by atoms with van der Waals surface area (Å²) >= 11 is 0. The van der Waals surface area contributed by atoms with Crippen molar-refractivity contribution in [2.75, 3.05) is 20.8 Å². The highest BCUT2D eigenvalue weighted by Gasteiger charge is 2.50. The van der Waals surface area contributed by atoms with Gasteiger partial charge in [-0.05, 0) is 5.56 Å². The molecule has 2 heterocycles. The molecule has 144 valence electrons. The number of hydrogen-bond acceptors (Lipinski definition) is 5. The minimum absolute atomic E-state index is 0.121. The molecule has 0 aromatic heterocycles. The topological polar surface area (TPSA) is 46.2 Å². The Bertz CT molecular complexity index is 707. The molecule has 2 aromatic rings. The highest BCUT2D eigenvalue weighted by molar-refractivity contribution is 5.18. The van der Waals surface area contributed by atoms with Crippen LogP contribution >= 0.6 is 0 Å². The predicted molar refractivity (Wildman–Crippen MR) is 100 cm³/mol. The maximum atomic E-state index is 6.36. The minimum atomic E-state index is -0.420. The lowest BCUT2D eigenvalue weighted by atomic mass is 9.90. The van der Waals surface area contributed by atoms with Gasteiger partial charge in [0.15, 0.2) is 6.29 Å². The summed E-state index contributed by atoms with van der Waals surface area (Å²) < 4.78 is 30.2. The van der Waals surface area contributed by atoms with Crippen LogP contribution < -0.4 is 0 Å². The van der Waals surface area contributed by atoms with Crippen molar-refractivity contribution in [1.29, 1.82) is 0 Å². The average Bonchev–Trinajstić information content (AvgIpc) is 2.73. The van der Waals surface area contributed by atoms with E-state index in [0.29, 0.717) is 6.61 Å². The fourth-order valence-corrected chi connectivity index (χ4v) is 4.00. The maximum absolute atomic E-state index is 6.36. The zero-order chi connectivity index (χ0) is 18.6. The summed E-state index contributed by atoms with van der Waals surface area (Å²) in [6, 6.07) is 20.2. The van der Waals surface area contributed by atoms with E-state index in [4.69, 9.17) is 23.7 Å². The van der Waals surface area contributed by atoms with Crippen molar-refractivity contribution >= 4 is 0 Å². The van der Waals surface area contributed by atoms with E-state index in [1.165, 1.54) is 5.56 Å². The van der Waals surface area contributed by atoms with E-state index >= 15 is 0 Å². The van der Waals surface area contributed by atoms with Crippen molar-refractivity contribution in [3.63, 3.8) is 0 Å². The molecule has 0 N–H and O–H groups in total. The Morgan fingerprint density at radius 3 is 2.19 bits per heavy atom. The maximum Gasteiger partial charge on any atom is 0.184 e. The zero-order valence-electron chi connectivity index (χ0n) is 15.7. The molecule has 5 nitrogen and oxygen atoms in total. The SMILES string of the molecule is COC1[C@@H](OC)[C@H](Cc2ccccc2)O[C@@H]2CO[C@@H](c3ccccc3)O[C@@H]12. The molecule has 2 aliphatic heterocycles. The Balaban J connectivity index is 1.52. The molecular weight excluding hydrogens is 344 g/mol. The first-order valence-corrected chi connectivity index (χ1v) is 9.37. The van der Waals surface area contributed by atoms with Gasteiger partial charge in [0.2, 0.25) is 0 Å². The molecule has 27 heavy (non-hydrogen) atoms. The van der Waals surface area contributed by atoms with Gasteiger partial charge in [0.25, 0.3) is 0 Å². The summed E-state index contributed by atoms with van der Waals surface area (Å²) in [5, 5.41) is 0. The largest absolute Gasteiger partial charge is 0.376 e. The van der Waals surface area contributed by atoms with Crippen LogP contribution in [0.1, 0.15) is 17.4 Å². The summed E-state index contributed by atoms with van der Waals surface area (Å²) in [6.45, 7) is 0.464. The molecule has 0 bridgehead atoms. The third kappa shape index (κ3) is 3.93. The number of ether oxygens (including phenoxy) is 5. The Kier molecular flexibility index (Phi) is 5.86. The van der Waals surface area contributed by atoms with Gasteiger partial charge in [0.05, 0.1) is 12.7 Å². The molecule has 2 aromatic carbocycles. The van der Waals surface area contributed by atoms with Gasteiger partial charge in [-0.3, -0.25) is 0 Å². The molecule has 1 unspecified atom stereocenters. The van der Waals surface area contributed by atoms with Crippen molar-refractivity contribution in [1.82, 2.24) is 0 Å². The van der Waals surface area contributed by atoms with E-state index in [9.17, 15) is 0 Å². The highest BCUT2D eigenvalue weighted by atomic mass is 16.7. The van der Waals surface area contributed by atoms with Crippen molar-refractivity contribution in [3.05, 3.63) is 71.8 Å². The van der Waals surface area contributed by atoms with E-state index in [-0.39, 0.29) is 30.5 Å². The molecule has 4 rings (SSSR count). The normalized spacial score (nSPS) is 33.4. The summed E-state index contributed by atoms with van der Waals surface area (Å²) in [6.07, 6.45) is -0.657. The molecular formula is C22H26O5. The molecule has 0 amide bonds. The van der Waals surface area contributed by atoms with Crippen LogP contribution in [0.4, 0.5) is 0 Å². The second kappa shape index (κ2) is 8.50. The summed E-state index contributed by atoms with van der Waals surface area (Å²) in [4.78, 5) is 0. The first-order valence-electron chi connectivity index (χ1n) is 9.37. The van der Waals surface area contributed by atoms with Gasteiger partial charge in [-0.15, -0.1) is 0 Å². The van der Waals surface area contributed by atoms with Crippen LogP contribution in [0.5, 0.6) is 0 Å². The zero-order valence-corrected chi connectivity index (χ0v) is 15.7. The summed E-state index contributed by atoms with van der Waals surface area (Å²) in [5.41, 5.74) is 2.20. The standard InChI is InChI=1S/C22H26O5/c1-23-19-17(13-15-9-5-3-6-10-15)26-18-14-25-22(16-11-7-4-8-12-16)27-20(18)21(19)24-2/h3-12,17-22H,13-14H2,1-2H3/t17-,18+,19-,20+,21?,22+/m0/s1. The molecule has 0 radical (unpaired) electrons. The Hall–Kier alpha value is -1.76. The van der Waals surface area contributed by atoms with Crippen molar-refractivity contribution < 1.29 is 23.7 Å². The van der Waals surface area contributed by atoms with Gasteiger partial charge in [0, 0.05) is 26.2 Å². The smallest absolute Gasteiger partial charge is 0.184 e. The van der Waals surface area contributed by atoms with Gasteiger partial charge in [-0.1, -0.05) is 60.7 Å². The van der Waals surface area contributed by atoms with E-state index in [0.717, 1.165) is 12.0 Å². The minimum Gasteiger partial charge on any atom is -0.376 e. The van der Waals surface area contributed by atoms with Crippen LogP contribution in [-0.2, 0) is 30.1 Å². The van der Waals surface area contributed by atoms with Crippen LogP contribution in [0.25, 0.3) is 0 Å². The number of fused-ring (bicyclic) bond motifs is 1. The van der Waals surface area contributed by atoms with Crippen LogP contribution in [0.3, 0.4) is 0 Å². The van der Waals surface area contributed by atoms with E-state index in [1.807, 2.05) is 48.5 Å². The number of hydrogen-bond donors (Lipinski definition) is 0. The molecule has 2 fully saturated rings. The molecule has 2 saturated heterocycles. The third-order valence-corrected chi connectivity index (χ3v) is 5.32. The Labute approximate surface area is 160 Å². The number of methoxy groups -OCH3 is 2. The molecule has 0 spiro atoms. The van der Waals surface area contributed by atoms with Gasteiger partial charge < -0.3 is 23.7 Å². The lowest BCUT2D eigenvalue weighted by Gasteiger charge is -2.48. The molecule has 0 saturated carbocycles.